The van der Waals surface area contributed by atoms with Gasteiger partial charge in [0.15, 0.2) is 0 Å². The molecule has 2 rings (SSSR count). The van der Waals surface area contributed by atoms with Gasteiger partial charge in [0, 0.05) is 13.1 Å². The molecular formula is C16H23NO4. The Balaban J connectivity index is 2.38. The van der Waals surface area contributed by atoms with Crippen molar-refractivity contribution in [2.75, 3.05) is 33.4 Å². The van der Waals surface area contributed by atoms with E-state index in [1.165, 1.54) is 0 Å². The fourth-order valence-electron chi connectivity index (χ4n) is 3.09. The largest absolute Gasteiger partial charge is 0.497 e. The third kappa shape index (κ3) is 3.36. The van der Waals surface area contributed by atoms with Crippen molar-refractivity contribution in [2.24, 2.45) is 0 Å². The molecule has 21 heavy (non-hydrogen) atoms. The van der Waals surface area contributed by atoms with Crippen molar-refractivity contribution in [1.82, 2.24) is 4.90 Å². The number of ether oxygens (including phenoxy) is 2. The number of hydrogen-bond acceptors (Lipinski definition) is 4. The first-order valence-corrected chi connectivity index (χ1v) is 7.31. The lowest BCUT2D eigenvalue weighted by atomic mass is 9.82. The van der Waals surface area contributed by atoms with E-state index in [1.807, 2.05) is 31.2 Å². The molecule has 5 nitrogen and oxygen atoms in total. The van der Waals surface area contributed by atoms with Gasteiger partial charge in [-0.25, -0.2) is 0 Å². The Kier molecular flexibility index (Phi) is 5.20. The first-order valence-electron chi connectivity index (χ1n) is 7.31. The molecule has 1 aromatic carbocycles. The molecule has 0 aliphatic carbocycles. The first kappa shape index (κ1) is 15.8. The summed E-state index contributed by atoms with van der Waals surface area (Å²) >= 11 is 0. The van der Waals surface area contributed by atoms with Crippen molar-refractivity contribution in [2.45, 2.75) is 25.3 Å². The summed E-state index contributed by atoms with van der Waals surface area (Å²) in [6.45, 7) is 4.86. The van der Waals surface area contributed by atoms with E-state index in [-0.39, 0.29) is 6.42 Å². The fourth-order valence-corrected chi connectivity index (χ4v) is 3.09. The molecule has 1 fully saturated rings. The predicted octanol–water partition coefficient (Wildman–Crippen LogP) is 2.11. The van der Waals surface area contributed by atoms with Gasteiger partial charge in [0.1, 0.15) is 5.75 Å². The van der Waals surface area contributed by atoms with Crippen molar-refractivity contribution >= 4 is 5.97 Å². The van der Waals surface area contributed by atoms with E-state index < -0.39 is 11.5 Å². The smallest absolute Gasteiger partial charge is 0.305 e. The van der Waals surface area contributed by atoms with Gasteiger partial charge in [-0.05, 0) is 24.1 Å². The summed E-state index contributed by atoms with van der Waals surface area (Å²) in [6, 6.07) is 7.73. The number of rotatable bonds is 6. The monoisotopic (exact) mass is 293 g/mol. The van der Waals surface area contributed by atoms with E-state index in [4.69, 9.17) is 9.47 Å². The Bertz CT molecular complexity index is 468. The van der Waals surface area contributed by atoms with Crippen LogP contribution in [0.4, 0.5) is 0 Å². The number of carboxylic acid groups (broad SMARTS) is 1. The highest BCUT2D eigenvalue weighted by Crippen LogP contribution is 2.37. The van der Waals surface area contributed by atoms with Gasteiger partial charge in [-0.1, -0.05) is 19.1 Å². The number of aliphatic carboxylic acids is 1. The third-order valence-electron chi connectivity index (χ3n) is 4.27. The molecule has 1 heterocycles. The van der Waals surface area contributed by atoms with E-state index in [0.29, 0.717) is 13.2 Å². The van der Waals surface area contributed by atoms with Crippen LogP contribution in [0.1, 0.15) is 25.3 Å². The predicted molar refractivity (Wildman–Crippen MR) is 79.6 cm³/mol. The van der Waals surface area contributed by atoms with Crippen LogP contribution >= 0.6 is 0 Å². The Morgan fingerprint density at radius 1 is 1.33 bits per heavy atom. The van der Waals surface area contributed by atoms with E-state index in [2.05, 4.69) is 4.90 Å². The van der Waals surface area contributed by atoms with Crippen LogP contribution in [0.3, 0.4) is 0 Å². The van der Waals surface area contributed by atoms with E-state index in [0.717, 1.165) is 30.8 Å². The van der Waals surface area contributed by atoms with Gasteiger partial charge in [0.2, 0.25) is 0 Å². The molecule has 0 saturated carbocycles. The average Bonchev–Trinajstić information content (AvgIpc) is 2.53. The number of carbonyl (C=O) groups is 1. The summed E-state index contributed by atoms with van der Waals surface area (Å²) in [5, 5.41) is 9.39. The highest BCUT2D eigenvalue weighted by molar-refractivity contribution is 5.69. The van der Waals surface area contributed by atoms with Gasteiger partial charge >= 0.3 is 5.97 Å². The summed E-state index contributed by atoms with van der Waals surface area (Å²) in [6.07, 6.45) is 0.835. The minimum absolute atomic E-state index is 0.0931. The molecular weight excluding hydrogens is 270 g/mol. The number of carboxylic acids is 1. The Morgan fingerprint density at radius 2 is 1.95 bits per heavy atom. The summed E-state index contributed by atoms with van der Waals surface area (Å²) < 4.78 is 10.6. The Labute approximate surface area is 125 Å². The zero-order valence-electron chi connectivity index (χ0n) is 12.7. The standard InChI is InChI=1S/C16H23NO4/c1-3-16(12-15(18)19,17-8-10-21-11-9-17)13-4-6-14(20-2)7-5-13/h4-7H,3,8-12H2,1-2H3,(H,18,19). The van der Waals surface area contributed by atoms with Crippen LogP contribution in [0.15, 0.2) is 24.3 Å². The highest BCUT2D eigenvalue weighted by Gasteiger charge is 2.39. The summed E-state index contributed by atoms with van der Waals surface area (Å²) in [5.41, 5.74) is 0.539. The van der Waals surface area contributed by atoms with Crippen LogP contribution in [0.5, 0.6) is 5.75 Å². The van der Waals surface area contributed by atoms with Crippen molar-refractivity contribution in [3.05, 3.63) is 29.8 Å². The molecule has 1 aliphatic rings. The topological polar surface area (TPSA) is 59.0 Å². The molecule has 0 amide bonds. The maximum absolute atomic E-state index is 11.4. The summed E-state index contributed by atoms with van der Waals surface area (Å²) in [7, 11) is 1.63. The van der Waals surface area contributed by atoms with Gasteiger partial charge < -0.3 is 14.6 Å². The fraction of sp³-hybridized carbons (Fsp3) is 0.562. The van der Waals surface area contributed by atoms with Gasteiger partial charge in [-0.3, -0.25) is 9.69 Å². The molecule has 5 heteroatoms. The van der Waals surface area contributed by atoms with E-state index in [9.17, 15) is 9.90 Å². The molecule has 0 bridgehead atoms. The van der Waals surface area contributed by atoms with Crippen molar-refractivity contribution in [3.8, 4) is 5.75 Å². The van der Waals surface area contributed by atoms with Gasteiger partial charge in [-0.15, -0.1) is 0 Å². The molecule has 0 aromatic heterocycles. The zero-order valence-corrected chi connectivity index (χ0v) is 12.7. The second kappa shape index (κ2) is 6.91. The lowest BCUT2D eigenvalue weighted by molar-refractivity contribution is -0.142. The van der Waals surface area contributed by atoms with Crippen molar-refractivity contribution < 1.29 is 19.4 Å². The molecule has 1 aromatic rings. The van der Waals surface area contributed by atoms with Crippen LogP contribution < -0.4 is 4.74 Å². The maximum Gasteiger partial charge on any atom is 0.305 e. The van der Waals surface area contributed by atoms with Crippen LogP contribution in [-0.4, -0.2) is 49.4 Å². The van der Waals surface area contributed by atoms with Crippen LogP contribution in [0, 0.1) is 0 Å². The summed E-state index contributed by atoms with van der Waals surface area (Å²) in [4.78, 5) is 13.7. The van der Waals surface area contributed by atoms with Gasteiger partial charge in [0.05, 0.1) is 32.3 Å². The molecule has 116 valence electrons. The van der Waals surface area contributed by atoms with Gasteiger partial charge in [-0.2, -0.15) is 0 Å². The highest BCUT2D eigenvalue weighted by atomic mass is 16.5. The van der Waals surface area contributed by atoms with Crippen LogP contribution in [-0.2, 0) is 15.1 Å². The van der Waals surface area contributed by atoms with Crippen LogP contribution in [0.25, 0.3) is 0 Å². The van der Waals surface area contributed by atoms with Gasteiger partial charge in [0.25, 0.3) is 0 Å². The minimum atomic E-state index is -0.779. The number of benzene rings is 1. The molecule has 1 unspecified atom stereocenters. The maximum atomic E-state index is 11.4. The average molecular weight is 293 g/mol. The number of morpholine rings is 1. The molecule has 0 spiro atoms. The van der Waals surface area contributed by atoms with E-state index in [1.54, 1.807) is 7.11 Å². The summed E-state index contributed by atoms with van der Waals surface area (Å²) in [5.74, 6) is 0.000199. The quantitative estimate of drug-likeness (QED) is 0.870. The second-order valence-electron chi connectivity index (χ2n) is 5.28. The molecule has 1 atom stereocenters. The van der Waals surface area contributed by atoms with E-state index >= 15 is 0 Å². The first-order chi connectivity index (χ1) is 10.1. The number of hydrogen-bond donors (Lipinski definition) is 1. The van der Waals surface area contributed by atoms with Crippen molar-refractivity contribution in [3.63, 3.8) is 0 Å². The Hall–Kier alpha value is -1.59. The Morgan fingerprint density at radius 3 is 2.43 bits per heavy atom. The number of nitrogens with zero attached hydrogens (tertiary/aromatic N) is 1. The molecule has 1 saturated heterocycles. The molecule has 1 aliphatic heterocycles. The zero-order chi connectivity index (χ0) is 15.3. The van der Waals surface area contributed by atoms with Crippen LogP contribution in [0.2, 0.25) is 0 Å². The molecule has 1 N–H and O–H groups in total. The number of methoxy groups -OCH3 is 1. The van der Waals surface area contributed by atoms with Crippen molar-refractivity contribution in [1.29, 1.82) is 0 Å². The minimum Gasteiger partial charge on any atom is -0.497 e. The lowest BCUT2D eigenvalue weighted by Crippen LogP contribution is -2.52. The lowest BCUT2D eigenvalue weighted by Gasteiger charge is -2.45. The third-order valence-corrected chi connectivity index (χ3v) is 4.27. The second-order valence-corrected chi connectivity index (χ2v) is 5.28. The normalized spacial score (nSPS) is 19.0. The molecule has 0 radical (unpaired) electrons. The SMILES string of the molecule is CCC(CC(=O)O)(c1ccc(OC)cc1)N1CCOCC1.